The quantitative estimate of drug-likeness (QED) is 0.672. The number of amides is 1. The van der Waals surface area contributed by atoms with Gasteiger partial charge in [-0.3, -0.25) is 9.69 Å². The summed E-state index contributed by atoms with van der Waals surface area (Å²) < 4.78 is 0. The van der Waals surface area contributed by atoms with Gasteiger partial charge in [0.05, 0.1) is 6.42 Å². The monoisotopic (exact) mass is 431 g/mol. The van der Waals surface area contributed by atoms with Crippen LogP contribution in [0.1, 0.15) is 24.1 Å². The number of piperidine rings is 1. The van der Waals surface area contributed by atoms with Gasteiger partial charge in [0.25, 0.3) is 0 Å². The van der Waals surface area contributed by atoms with E-state index in [9.17, 15) is 4.79 Å². The maximum absolute atomic E-state index is 13.2. The average Bonchev–Trinajstić information content (AvgIpc) is 3.15. The molecule has 1 atom stereocenters. The number of fused-ring (bicyclic) bond motifs is 1. The van der Waals surface area contributed by atoms with Gasteiger partial charge >= 0.3 is 0 Å². The van der Waals surface area contributed by atoms with Crippen molar-refractivity contribution in [3.8, 4) is 0 Å². The third-order valence-electron chi connectivity index (χ3n) is 7.09. The molecule has 0 aliphatic carbocycles. The minimum atomic E-state index is 0.266. The Kier molecular flexibility index (Phi) is 6.12. The maximum Gasteiger partial charge on any atom is 0.227 e. The van der Waals surface area contributed by atoms with E-state index in [0.717, 1.165) is 74.8 Å². The number of carbonyl (C=O) groups excluding carboxylic acids is 1. The number of aromatic amines is 1. The fourth-order valence-corrected chi connectivity index (χ4v) is 5.33. The van der Waals surface area contributed by atoms with Crippen molar-refractivity contribution in [3.05, 3.63) is 59.9 Å². The molecular formula is C26H33N5O. The number of likely N-dealkylation sites (tertiary alicyclic amines) is 1. The Hall–Kier alpha value is -2.86. The second-order valence-corrected chi connectivity index (χ2v) is 9.27. The standard InChI is InChI=1S/C26H33N5O/c1-20-23(22-8-2-3-9-24(22)28-20)17-26(32)31-12-6-7-21(19-31)18-29-13-15-30(16-14-29)25-10-4-5-11-27-25/h2-5,8-11,21,28H,6-7,12-19H2,1H3. The number of aryl methyl sites for hydroxylation is 1. The van der Waals surface area contributed by atoms with Crippen LogP contribution in [0.15, 0.2) is 48.7 Å². The van der Waals surface area contributed by atoms with Crippen molar-refractivity contribution in [2.24, 2.45) is 5.92 Å². The second-order valence-electron chi connectivity index (χ2n) is 9.27. The summed E-state index contributed by atoms with van der Waals surface area (Å²) >= 11 is 0. The number of nitrogens with zero attached hydrogens (tertiary/aromatic N) is 4. The molecule has 5 rings (SSSR count). The average molecular weight is 432 g/mol. The molecule has 1 unspecified atom stereocenters. The van der Waals surface area contributed by atoms with E-state index in [1.54, 1.807) is 0 Å². The molecule has 6 nitrogen and oxygen atoms in total. The fraction of sp³-hybridized carbons (Fsp3) is 0.462. The number of anilines is 1. The molecule has 2 saturated heterocycles. The van der Waals surface area contributed by atoms with Crippen molar-refractivity contribution in [3.63, 3.8) is 0 Å². The van der Waals surface area contributed by atoms with Crippen molar-refractivity contribution < 1.29 is 4.79 Å². The van der Waals surface area contributed by atoms with Crippen LogP contribution in [0.3, 0.4) is 0 Å². The van der Waals surface area contributed by atoms with Crippen molar-refractivity contribution in [2.75, 3.05) is 50.7 Å². The third-order valence-corrected chi connectivity index (χ3v) is 7.09. The van der Waals surface area contributed by atoms with Gasteiger partial charge in [0.2, 0.25) is 5.91 Å². The van der Waals surface area contributed by atoms with Gasteiger partial charge < -0.3 is 14.8 Å². The molecule has 1 N–H and O–H groups in total. The van der Waals surface area contributed by atoms with Crippen LogP contribution in [0.4, 0.5) is 5.82 Å². The Bertz CT molecular complexity index is 1050. The first kappa shape index (κ1) is 21.0. The molecule has 4 heterocycles. The van der Waals surface area contributed by atoms with Gasteiger partial charge in [-0.2, -0.15) is 0 Å². The Morgan fingerprint density at radius 1 is 1.06 bits per heavy atom. The van der Waals surface area contributed by atoms with Crippen LogP contribution in [0.5, 0.6) is 0 Å². The van der Waals surface area contributed by atoms with Crippen molar-refractivity contribution in [1.82, 2.24) is 19.8 Å². The SMILES string of the molecule is Cc1[nH]c2ccccc2c1CC(=O)N1CCCC(CN2CCN(c3ccccn3)CC2)C1. The first-order chi connectivity index (χ1) is 15.7. The van der Waals surface area contributed by atoms with Crippen LogP contribution in [0.25, 0.3) is 10.9 Å². The predicted molar refractivity (Wildman–Crippen MR) is 129 cm³/mol. The number of benzene rings is 1. The zero-order valence-electron chi connectivity index (χ0n) is 19.0. The van der Waals surface area contributed by atoms with E-state index in [1.807, 2.05) is 24.4 Å². The summed E-state index contributed by atoms with van der Waals surface area (Å²) in [5.74, 6) is 1.91. The number of para-hydroxylation sites is 1. The van der Waals surface area contributed by atoms with E-state index in [4.69, 9.17) is 0 Å². The predicted octanol–water partition coefficient (Wildman–Crippen LogP) is 3.47. The van der Waals surface area contributed by atoms with Gasteiger partial charge in [-0.05, 0) is 49.4 Å². The summed E-state index contributed by atoms with van der Waals surface area (Å²) in [5, 5.41) is 1.18. The number of rotatable bonds is 5. The smallest absolute Gasteiger partial charge is 0.227 e. The Morgan fingerprint density at radius 2 is 1.88 bits per heavy atom. The van der Waals surface area contributed by atoms with Gasteiger partial charge in [-0.25, -0.2) is 4.98 Å². The number of aromatic nitrogens is 2. The maximum atomic E-state index is 13.2. The molecule has 0 radical (unpaired) electrons. The normalized spacial score (nSPS) is 20.1. The number of carbonyl (C=O) groups is 1. The van der Waals surface area contributed by atoms with Crippen molar-refractivity contribution in [1.29, 1.82) is 0 Å². The highest BCUT2D eigenvalue weighted by atomic mass is 16.2. The first-order valence-corrected chi connectivity index (χ1v) is 11.9. The summed E-state index contributed by atoms with van der Waals surface area (Å²) in [5.41, 5.74) is 3.38. The van der Waals surface area contributed by atoms with E-state index < -0.39 is 0 Å². The fourth-order valence-electron chi connectivity index (χ4n) is 5.33. The second kappa shape index (κ2) is 9.33. The number of pyridine rings is 1. The topological polar surface area (TPSA) is 55.5 Å². The van der Waals surface area contributed by atoms with E-state index in [0.29, 0.717) is 12.3 Å². The molecule has 0 bridgehead atoms. The van der Waals surface area contributed by atoms with E-state index in [2.05, 4.69) is 55.9 Å². The number of hydrogen-bond acceptors (Lipinski definition) is 4. The molecule has 2 aliphatic heterocycles. The molecule has 2 fully saturated rings. The van der Waals surface area contributed by atoms with E-state index >= 15 is 0 Å². The van der Waals surface area contributed by atoms with Crippen LogP contribution < -0.4 is 4.90 Å². The Labute approximate surface area is 190 Å². The van der Waals surface area contributed by atoms with Crippen LogP contribution in [0, 0.1) is 12.8 Å². The van der Waals surface area contributed by atoms with Gasteiger partial charge in [0, 0.05) is 68.6 Å². The number of nitrogens with one attached hydrogen (secondary N) is 1. The highest BCUT2D eigenvalue weighted by Gasteiger charge is 2.27. The molecule has 6 heteroatoms. The lowest BCUT2D eigenvalue weighted by molar-refractivity contribution is -0.132. The molecule has 1 aromatic carbocycles. The summed E-state index contributed by atoms with van der Waals surface area (Å²) in [4.78, 5) is 28.2. The minimum Gasteiger partial charge on any atom is -0.358 e. The highest BCUT2D eigenvalue weighted by molar-refractivity contribution is 5.90. The lowest BCUT2D eigenvalue weighted by Crippen LogP contribution is -2.50. The largest absolute Gasteiger partial charge is 0.358 e. The van der Waals surface area contributed by atoms with Gasteiger partial charge in [-0.15, -0.1) is 0 Å². The molecule has 168 valence electrons. The molecule has 1 amide bonds. The number of H-pyrrole nitrogens is 1. The van der Waals surface area contributed by atoms with E-state index in [1.165, 1.54) is 11.8 Å². The molecule has 2 aliphatic rings. The lowest BCUT2D eigenvalue weighted by atomic mass is 9.96. The zero-order valence-corrected chi connectivity index (χ0v) is 19.0. The van der Waals surface area contributed by atoms with Gasteiger partial charge in [0.1, 0.15) is 5.82 Å². The van der Waals surface area contributed by atoms with Crippen LogP contribution in [-0.2, 0) is 11.2 Å². The third kappa shape index (κ3) is 4.51. The highest BCUT2D eigenvalue weighted by Crippen LogP contribution is 2.25. The van der Waals surface area contributed by atoms with Crippen LogP contribution in [-0.4, -0.2) is 71.5 Å². The number of hydrogen-bond donors (Lipinski definition) is 1. The summed E-state index contributed by atoms with van der Waals surface area (Å²) in [6.07, 6.45) is 4.69. The zero-order chi connectivity index (χ0) is 21.9. The van der Waals surface area contributed by atoms with Crippen LogP contribution >= 0.6 is 0 Å². The number of piperazine rings is 1. The molecule has 32 heavy (non-hydrogen) atoms. The molecule has 0 spiro atoms. The van der Waals surface area contributed by atoms with Crippen molar-refractivity contribution >= 4 is 22.6 Å². The Balaban J connectivity index is 1.15. The summed E-state index contributed by atoms with van der Waals surface area (Å²) in [6, 6.07) is 14.4. The van der Waals surface area contributed by atoms with Gasteiger partial charge in [0.15, 0.2) is 0 Å². The van der Waals surface area contributed by atoms with Crippen molar-refractivity contribution in [2.45, 2.75) is 26.2 Å². The lowest BCUT2D eigenvalue weighted by Gasteiger charge is -2.39. The van der Waals surface area contributed by atoms with Gasteiger partial charge in [-0.1, -0.05) is 24.3 Å². The van der Waals surface area contributed by atoms with E-state index in [-0.39, 0.29) is 5.91 Å². The minimum absolute atomic E-state index is 0.266. The summed E-state index contributed by atoms with van der Waals surface area (Å²) in [6.45, 7) is 9.12. The Morgan fingerprint density at radius 3 is 2.69 bits per heavy atom. The summed E-state index contributed by atoms with van der Waals surface area (Å²) in [7, 11) is 0. The van der Waals surface area contributed by atoms with Crippen LogP contribution in [0.2, 0.25) is 0 Å². The molecule has 2 aromatic heterocycles. The molecule has 3 aromatic rings. The molecule has 0 saturated carbocycles. The molecular weight excluding hydrogens is 398 g/mol. The first-order valence-electron chi connectivity index (χ1n) is 11.9.